The van der Waals surface area contributed by atoms with Crippen molar-refractivity contribution in [3.63, 3.8) is 0 Å². The monoisotopic (exact) mass is 338 g/mol. The molecule has 20 heavy (non-hydrogen) atoms. The minimum absolute atomic E-state index is 0.388. The smallest absolute Gasteiger partial charge is 0.0415 e. The molecule has 1 saturated carbocycles. The Balaban J connectivity index is 2.24. The van der Waals surface area contributed by atoms with Crippen LogP contribution in [-0.4, -0.2) is 19.6 Å². The van der Waals surface area contributed by atoms with Crippen molar-refractivity contribution in [3.05, 3.63) is 28.2 Å². The van der Waals surface area contributed by atoms with E-state index in [1.807, 2.05) is 0 Å². The predicted molar refractivity (Wildman–Crippen MR) is 91.5 cm³/mol. The van der Waals surface area contributed by atoms with Gasteiger partial charge < -0.3 is 10.2 Å². The van der Waals surface area contributed by atoms with Gasteiger partial charge in [-0.1, -0.05) is 42.1 Å². The molecule has 1 unspecified atom stereocenters. The van der Waals surface area contributed by atoms with Crippen LogP contribution in [0.2, 0.25) is 0 Å². The molecule has 1 atom stereocenters. The quantitative estimate of drug-likeness (QED) is 0.822. The van der Waals surface area contributed by atoms with Crippen LogP contribution in [0, 0.1) is 0 Å². The molecule has 0 amide bonds. The third-order valence-corrected chi connectivity index (χ3v) is 4.96. The van der Waals surface area contributed by atoms with Crippen molar-refractivity contribution < 1.29 is 0 Å². The Morgan fingerprint density at radius 2 is 2.00 bits per heavy atom. The van der Waals surface area contributed by atoms with Crippen LogP contribution in [0.15, 0.2) is 22.7 Å². The molecule has 0 saturated heterocycles. The first-order valence-electron chi connectivity index (χ1n) is 7.89. The van der Waals surface area contributed by atoms with Crippen molar-refractivity contribution in [2.45, 2.75) is 58.0 Å². The van der Waals surface area contributed by atoms with Gasteiger partial charge >= 0.3 is 0 Å². The number of rotatable bonds is 5. The highest BCUT2D eigenvalue weighted by molar-refractivity contribution is 9.10. The van der Waals surface area contributed by atoms with E-state index in [-0.39, 0.29) is 0 Å². The SMILES string of the molecule is CCNC(C)c1cc(Br)ccc1N(C)C1CCCCC1. The Bertz CT molecular complexity index is 427. The minimum atomic E-state index is 0.388. The van der Waals surface area contributed by atoms with Gasteiger partial charge in [-0.2, -0.15) is 0 Å². The largest absolute Gasteiger partial charge is 0.371 e. The summed E-state index contributed by atoms with van der Waals surface area (Å²) < 4.78 is 1.16. The molecule has 0 aromatic heterocycles. The van der Waals surface area contributed by atoms with Gasteiger partial charge in [0.1, 0.15) is 0 Å². The fraction of sp³-hybridized carbons (Fsp3) is 0.647. The Morgan fingerprint density at radius 1 is 1.30 bits per heavy atom. The molecule has 1 fully saturated rings. The van der Waals surface area contributed by atoms with Crippen LogP contribution in [0.3, 0.4) is 0 Å². The summed E-state index contributed by atoms with van der Waals surface area (Å²) in [6.45, 7) is 5.42. The summed E-state index contributed by atoms with van der Waals surface area (Å²) >= 11 is 3.61. The van der Waals surface area contributed by atoms with Gasteiger partial charge in [-0.05, 0) is 50.1 Å². The molecule has 112 valence electrons. The van der Waals surface area contributed by atoms with Crippen molar-refractivity contribution in [2.24, 2.45) is 0 Å². The van der Waals surface area contributed by atoms with Crippen LogP contribution in [0.5, 0.6) is 0 Å². The van der Waals surface area contributed by atoms with Crippen molar-refractivity contribution >= 4 is 21.6 Å². The van der Waals surface area contributed by atoms with Gasteiger partial charge in [-0.3, -0.25) is 0 Å². The number of halogens is 1. The highest BCUT2D eigenvalue weighted by Crippen LogP contribution is 2.33. The molecule has 1 aliphatic carbocycles. The molecular weight excluding hydrogens is 312 g/mol. The van der Waals surface area contributed by atoms with E-state index in [0.29, 0.717) is 12.1 Å². The standard InChI is InChI=1S/C17H27BrN2/c1-4-19-13(2)16-12-14(18)10-11-17(16)20(3)15-8-6-5-7-9-15/h10-13,15,19H,4-9H2,1-3H3. The number of nitrogens with one attached hydrogen (secondary N) is 1. The topological polar surface area (TPSA) is 15.3 Å². The second-order valence-electron chi connectivity index (χ2n) is 5.89. The lowest BCUT2D eigenvalue weighted by Gasteiger charge is -2.35. The maximum absolute atomic E-state index is 3.61. The lowest BCUT2D eigenvalue weighted by Crippen LogP contribution is -2.34. The zero-order chi connectivity index (χ0) is 14.5. The number of hydrogen-bond acceptors (Lipinski definition) is 2. The molecule has 1 aliphatic rings. The van der Waals surface area contributed by atoms with E-state index >= 15 is 0 Å². The number of benzene rings is 1. The first-order chi connectivity index (χ1) is 9.63. The average molecular weight is 339 g/mol. The zero-order valence-corrected chi connectivity index (χ0v) is 14.5. The van der Waals surface area contributed by atoms with Crippen molar-refractivity contribution in [1.29, 1.82) is 0 Å². The summed E-state index contributed by atoms with van der Waals surface area (Å²) in [7, 11) is 2.27. The molecule has 0 aliphatic heterocycles. The molecular formula is C17H27BrN2. The van der Waals surface area contributed by atoms with Crippen LogP contribution >= 0.6 is 15.9 Å². The van der Waals surface area contributed by atoms with E-state index < -0.39 is 0 Å². The minimum Gasteiger partial charge on any atom is -0.371 e. The van der Waals surface area contributed by atoms with Crippen LogP contribution in [0.4, 0.5) is 5.69 Å². The van der Waals surface area contributed by atoms with Gasteiger partial charge in [0.15, 0.2) is 0 Å². The third kappa shape index (κ3) is 3.76. The Kier molecular flexibility index (Phi) is 5.91. The molecule has 1 aromatic rings. The molecule has 3 heteroatoms. The fourth-order valence-electron chi connectivity index (χ4n) is 3.27. The molecule has 0 heterocycles. The summed E-state index contributed by atoms with van der Waals surface area (Å²) in [5.41, 5.74) is 2.78. The summed E-state index contributed by atoms with van der Waals surface area (Å²) in [5, 5.41) is 3.54. The molecule has 0 radical (unpaired) electrons. The second kappa shape index (κ2) is 7.46. The van der Waals surface area contributed by atoms with Crippen molar-refractivity contribution in [3.8, 4) is 0 Å². The molecule has 0 spiro atoms. The van der Waals surface area contributed by atoms with E-state index in [0.717, 1.165) is 11.0 Å². The third-order valence-electron chi connectivity index (χ3n) is 4.47. The first-order valence-corrected chi connectivity index (χ1v) is 8.68. The second-order valence-corrected chi connectivity index (χ2v) is 6.80. The highest BCUT2D eigenvalue weighted by Gasteiger charge is 2.21. The van der Waals surface area contributed by atoms with Gasteiger partial charge in [0.05, 0.1) is 0 Å². The van der Waals surface area contributed by atoms with Crippen LogP contribution in [0.1, 0.15) is 57.6 Å². The number of anilines is 1. The van der Waals surface area contributed by atoms with Crippen LogP contribution < -0.4 is 10.2 Å². The maximum atomic E-state index is 3.61. The Labute approximate surface area is 132 Å². The summed E-state index contributed by atoms with van der Waals surface area (Å²) in [4.78, 5) is 2.51. The van der Waals surface area contributed by atoms with Gasteiger partial charge in [-0.25, -0.2) is 0 Å². The number of hydrogen-bond donors (Lipinski definition) is 1. The maximum Gasteiger partial charge on any atom is 0.0415 e. The fourth-order valence-corrected chi connectivity index (χ4v) is 3.65. The molecule has 1 aromatic carbocycles. The lowest BCUT2D eigenvalue weighted by molar-refractivity contribution is 0.426. The summed E-state index contributed by atoms with van der Waals surface area (Å²) in [5.74, 6) is 0. The van der Waals surface area contributed by atoms with Gasteiger partial charge in [0, 0.05) is 29.3 Å². The predicted octanol–water partition coefficient (Wildman–Crippen LogP) is 4.89. The Morgan fingerprint density at radius 3 is 2.65 bits per heavy atom. The van der Waals surface area contributed by atoms with Crippen molar-refractivity contribution in [1.82, 2.24) is 5.32 Å². The average Bonchev–Trinajstić information content (AvgIpc) is 2.47. The van der Waals surface area contributed by atoms with Gasteiger partial charge in [-0.15, -0.1) is 0 Å². The van der Waals surface area contributed by atoms with Gasteiger partial charge in [0.2, 0.25) is 0 Å². The summed E-state index contributed by atoms with van der Waals surface area (Å²) in [6.07, 6.45) is 6.84. The molecule has 2 nitrogen and oxygen atoms in total. The van der Waals surface area contributed by atoms with E-state index in [1.54, 1.807) is 0 Å². The van der Waals surface area contributed by atoms with E-state index in [9.17, 15) is 0 Å². The highest BCUT2D eigenvalue weighted by atomic mass is 79.9. The van der Waals surface area contributed by atoms with Gasteiger partial charge in [0.25, 0.3) is 0 Å². The summed E-state index contributed by atoms with van der Waals surface area (Å²) in [6, 6.07) is 7.79. The van der Waals surface area contributed by atoms with Crippen LogP contribution in [-0.2, 0) is 0 Å². The van der Waals surface area contributed by atoms with Crippen LogP contribution in [0.25, 0.3) is 0 Å². The van der Waals surface area contributed by atoms with Crippen molar-refractivity contribution in [2.75, 3.05) is 18.5 Å². The van der Waals surface area contributed by atoms with E-state index in [4.69, 9.17) is 0 Å². The van der Waals surface area contributed by atoms with E-state index in [1.165, 1.54) is 43.4 Å². The molecule has 2 rings (SSSR count). The Hall–Kier alpha value is -0.540. The molecule has 0 bridgehead atoms. The number of nitrogens with zero attached hydrogens (tertiary/aromatic N) is 1. The lowest BCUT2D eigenvalue weighted by atomic mass is 9.93. The van der Waals surface area contributed by atoms with E-state index in [2.05, 4.69) is 65.2 Å². The first kappa shape index (κ1) is 15.8. The molecule has 1 N–H and O–H groups in total. The normalized spacial score (nSPS) is 18.0. The zero-order valence-electron chi connectivity index (χ0n) is 13.0.